The van der Waals surface area contributed by atoms with Crippen LogP contribution in [0, 0.1) is 12.7 Å². The minimum atomic E-state index is -4.32. The fraction of sp³-hybridized carbons (Fsp3) is 0.583. The van der Waals surface area contributed by atoms with E-state index in [1.165, 1.54) is 19.1 Å². The Balaban J connectivity index is 1.68. The molecule has 194 valence electrons. The van der Waals surface area contributed by atoms with Crippen LogP contribution in [0.15, 0.2) is 23.4 Å². The molecule has 4 N–H and O–H groups in total. The van der Waals surface area contributed by atoms with Crippen LogP contribution in [-0.4, -0.2) is 83.4 Å². The molecule has 36 heavy (non-hydrogen) atoms. The van der Waals surface area contributed by atoms with Crippen LogP contribution in [0.2, 0.25) is 0 Å². The van der Waals surface area contributed by atoms with Gasteiger partial charge < -0.3 is 25.4 Å². The lowest BCUT2D eigenvalue weighted by Crippen LogP contribution is -2.33. The Morgan fingerprint density at radius 1 is 1.36 bits per heavy atom. The summed E-state index contributed by atoms with van der Waals surface area (Å²) in [4.78, 5) is 8.39. The summed E-state index contributed by atoms with van der Waals surface area (Å²) in [5.41, 5.74) is -2.47. The molecule has 3 aromatic rings. The average Bonchev–Trinajstić information content (AvgIpc) is 3.40. The van der Waals surface area contributed by atoms with Gasteiger partial charge in [0.1, 0.15) is 18.0 Å². The van der Waals surface area contributed by atoms with Crippen molar-refractivity contribution in [3.8, 4) is 0 Å². The molecule has 10 nitrogen and oxygen atoms in total. The number of anilines is 1. The number of hydrogen-bond acceptors (Lipinski definition) is 10. The first-order valence-electron chi connectivity index (χ1n) is 17.3. The summed E-state index contributed by atoms with van der Waals surface area (Å²) in [6.45, 7) is -4.99. The van der Waals surface area contributed by atoms with E-state index in [0.717, 1.165) is 0 Å². The van der Waals surface area contributed by atoms with Crippen LogP contribution in [0.5, 0.6) is 0 Å². The molecule has 12 heteroatoms. The SMILES string of the molecule is [2H]C([2H])(CC)Sc1nc(N[C@@H]2C[C@@]2([2H])c2ccc(C)c(F)c2)c2nnn([C@]3([2H])C([2H])([2H])[C@]([2H])(OC([2H])([2H])C([2H])([2H])O)[C@@]([2H])(O)[C@@]3([2H])O)c2n1. The molecule has 0 amide bonds. The Hall–Kier alpha value is -2.38. The number of rotatable bonds is 10. The van der Waals surface area contributed by atoms with Gasteiger partial charge in [0.15, 0.2) is 22.1 Å². The highest BCUT2D eigenvalue weighted by Crippen LogP contribution is 2.44. The van der Waals surface area contributed by atoms with Gasteiger partial charge in [-0.2, -0.15) is 0 Å². The maximum atomic E-state index is 14.3. The van der Waals surface area contributed by atoms with Gasteiger partial charge in [-0.05, 0) is 37.0 Å². The molecule has 2 heterocycles. The van der Waals surface area contributed by atoms with Crippen LogP contribution in [-0.2, 0) is 4.74 Å². The number of hydrogen-bond donors (Lipinski definition) is 4. The Morgan fingerprint density at radius 3 is 2.94 bits per heavy atom. The van der Waals surface area contributed by atoms with Crippen molar-refractivity contribution in [3.05, 3.63) is 35.1 Å². The predicted molar refractivity (Wildman–Crippen MR) is 133 cm³/mol. The lowest BCUT2D eigenvalue weighted by atomic mass is 10.1. The predicted octanol–water partition coefficient (Wildman–Crippen LogP) is 2.18. The lowest BCUT2D eigenvalue weighted by molar-refractivity contribution is -0.0629. The number of aryl methyl sites for hydroxylation is 1. The fourth-order valence-corrected chi connectivity index (χ4v) is 4.09. The van der Waals surface area contributed by atoms with Crippen molar-refractivity contribution >= 4 is 28.7 Å². The maximum absolute atomic E-state index is 14.3. The second-order valence-electron chi connectivity index (χ2n) is 7.83. The first-order valence-corrected chi connectivity index (χ1v) is 11.6. The van der Waals surface area contributed by atoms with Crippen LogP contribution in [0.3, 0.4) is 0 Å². The van der Waals surface area contributed by atoms with Crippen LogP contribution in [0.1, 0.15) is 67.0 Å². The Labute approximate surface area is 230 Å². The monoisotopic (exact) mass is 531 g/mol. The average molecular weight is 532 g/mol. The maximum Gasteiger partial charge on any atom is 0.191 e. The van der Waals surface area contributed by atoms with E-state index >= 15 is 0 Å². The molecule has 2 aliphatic carbocycles. The van der Waals surface area contributed by atoms with Crippen LogP contribution in [0.25, 0.3) is 11.2 Å². The third kappa shape index (κ3) is 4.92. The quantitative estimate of drug-likeness (QED) is 0.227. The zero-order chi connectivity index (χ0) is 37.2. The van der Waals surface area contributed by atoms with Crippen molar-refractivity contribution in [1.29, 1.82) is 0 Å². The summed E-state index contributed by atoms with van der Waals surface area (Å²) in [7, 11) is 0. The van der Waals surface area contributed by atoms with E-state index < -0.39 is 83.5 Å². The van der Waals surface area contributed by atoms with Gasteiger partial charge in [0.05, 0.1) is 36.2 Å². The second kappa shape index (κ2) is 10.5. The molecule has 1 aromatic carbocycles. The molecule has 0 unspecified atom stereocenters. The van der Waals surface area contributed by atoms with E-state index in [1.54, 1.807) is 13.0 Å². The minimum Gasteiger partial charge on any atom is -0.394 e. The fourth-order valence-electron chi connectivity index (χ4n) is 3.55. The van der Waals surface area contributed by atoms with Crippen LogP contribution in [0.4, 0.5) is 10.2 Å². The summed E-state index contributed by atoms with van der Waals surface area (Å²) >= 11 is 0.460. The number of fused-ring (bicyclic) bond motifs is 1. The molecule has 0 spiro atoms. The summed E-state index contributed by atoms with van der Waals surface area (Å²) in [6.07, 6.45) is -16.8. The van der Waals surface area contributed by atoms with Crippen molar-refractivity contribution in [2.24, 2.45) is 0 Å². The van der Waals surface area contributed by atoms with Gasteiger partial charge in [-0.1, -0.05) is 36.0 Å². The second-order valence-corrected chi connectivity index (χ2v) is 8.69. The number of ether oxygens (including phenoxy) is 1. The molecular weight excluding hydrogens is 487 g/mol. The summed E-state index contributed by atoms with van der Waals surface area (Å²) in [6, 6.07) is -0.394. The number of benzene rings is 1. The first kappa shape index (κ1) is 14.0. The van der Waals surface area contributed by atoms with Gasteiger partial charge in [0.25, 0.3) is 0 Å². The van der Waals surface area contributed by atoms with Gasteiger partial charge >= 0.3 is 0 Å². The molecule has 0 aliphatic heterocycles. The Kier molecular flexibility index (Phi) is 4.09. The highest BCUT2D eigenvalue weighted by atomic mass is 32.2. The van der Waals surface area contributed by atoms with Gasteiger partial charge in [-0.3, -0.25) is 0 Å². The Morgan fingerprint density at radius 2 is 2.19 bits per heavy atom. The van der Waals surface area contributed by atoms with E-state index in [4.69, 9.17) is 17.8 Å². The van der Waals surface area contributed by atoms with Crippen molar-refractivity contribution in [2.75, 3.05) is 24.1 Å². The molecule has 0 saturated heterocycles. The number of nitrogens with one attached hydrogen (secondary N) is 1. The van der Waals surface area contributed by atoms with E-state index in [-0.39, 0.29) is 23.3 Å². The number of nitrogens with zero attached hydrogens (tertiary/aromatic N) is 5. The van der Waals surface area contributed by atoms with E-state index in [9.17, 15) is 19.7 Å². The largest absolute Gasteiger partial charge is 0.394 e. The first-order chi connectivity index (χ1) is 22.0. The molecule has 5 rings (SSSR count). The Bertz CT molecular complexity index is 1820. The number of aromatic nitrogens is 5. The highest BCUT2D eigenvalue weighted by Gasteiger charge is 2.45. The third-order valence-corrected chi connectivity index (χ3v) is 6.23. The van der Waals surface area contributed by atoms with Gasteiger partial charge in [-0.15, -0.1) is 5.10 Å². The van der Waals surface area contributed by atoms with E-state index in [1.807, 2.05) is 0 Å². The van der Waals surface area contributed by atoms with Crippen LogP contribution < -0.4 is 5.32 Å². The zero-order valence-corrected chi connectivity index (χ0v) is 19.8. The van der Waals surface area contributed by atoms with E-state index in [0.29, 0.717) is 22.9 Å². The number of aliphatic hydroxyl groups is 3. The minimum absolute atomic E-state index is 0.0703. The van der Waals surface area contributed by atoms with Crippen molar-refractivity contribution in [1.82, 2.24) is 25.0 Å². The zero-order valence-electron chi connectivity index (χ0n) is 32.0. The third-order valence-electron chi connectivity index (χ3n) is 5.43. The van der Waals surface area contributed by atoms with Crippen molar-refractivity contribution < 1.29 is 42.3 Å². The molecule has 2 fully saturated rings. The lowest BCUT2D eigenvalue weighted by Gasteiger charge is -2.17. The van der Waals surface area contributed by atoms with Crippen LogP contribution >= 0.6 is 11.8 Å². The summed E-state index contributed by atoms with van der Waals surface area (Å²) < 4.78 is 126. The molecule has 0 radical (unpaired) electrons. The standard InChI is InChI=1S/C24H31FN6O4S/c1-3-8-36-24-27-22(26-16-10-14(16)13-5-4-12(2)15(25)9-13)19-23(28-24)31(30-29-19)17-11-18(35-7-6-32)21(34)20(17)33/h4-5,9,14,16-18,20-21,32-34H,3,6-8,10-11H2,1-2H3,(H,26,27,28)/t14-,16+,17+,18-,20-,21+/m0/s1/i6D2,7D2,8D2,11D2,14D,17D,18D,20D,21D. The van der Waals surface area contributed by atoms with Crippen molar-refractivity contribution in [2.45, 2.75) is 74.4 Å². The summed E-state index contributed by atoms with van der Waals surface area (Å²) in [5.74, 6) is -2.18. The summed E-state index contributed by atoms with van der Waals surface area (Å²) in [5, 5.41) is 41.9. The smallest absolute Gasteiger partial charge is 0.191 e. The normalized spacial score (nSPS) is 45.7. The topological polar surface area (TPSA) is 138 Å². The molecule has 2 aromatic heterocycles. The highest BCUT2D eigenvalue weighted by molar-refractivity contribution is 7.99. The molecule has 2 aliphatic rings. The number of halogens is 1. The van der Waals surface area contributed by atoms with Gasteiger partial charge in [-0.25, -0.2) is 19.0 Å². The molecule has 0 bridgehead atoms. The number of thioether (sulfide) groups is 1. The molecular formula is C24H31FN6O4S. The van der Waals surface area contributed by atoms with Gasteiger partial charge in [0.2, 0.25) is 0 Å². The molecule has 2 saturated carbocycles. The van der Waals surface area contributed by atoms with E-state index in [2.05, 4.69) is 30.3 Å². The van der Waals surface area contributed by atoms with Crippen molar-refractivity contribution in [3.63, 3.8) is 0 Å². The molecule has 6 atom stereocenters. The van der Waals surface area contributed by atoms with Gasteiger partial charge in [0, 0.05) is 30.9 Å².